The van der Waals surface area contributed by atoms with E-state index in [1.807, 2.05) is 4.68 Å². The molecule has 0 saturated heterocycles. The summed E-state index contributed by atoms with van der Waals surface area (Å²) in [5.74, 6) is 1.33. The third-order valence-corrected chi connectivity index (χ3v) is 3.47. The van der Waals surface area contributed by atoms with Gasteiger partial charge >= 0.3 is 0 Å². The van der Waals surface area contributed by atoms with Gasteiger partial charge in [0.2, 0.25) is 0 Å². The third kappa shape index (κ3) is 3.20. The van der Waals surface area contributed by atoms with Crippen molar-refractivity contribution in [3.8, 4) is 0 Å². The average Bonchev–Trinajstić information content (AvgIpc) is 2.85. The molecule has 1 aromatic heterocycles. The smallest absolute Gasteiger partial charge is 0.138 e. The zero-order valence-electron chi connectivity index (χ0n) is 11.7. The molecule has 0 radical (unpaired) electrons. The second kappa shape index (κ2) is 6.48. The summed E-state index contributed by atoms with van der Waals surface area (Å²) in [5.41, 5.74) is 8.56. The van der Waals surface area contributed by atoms with Crippen LogP contribution in [0.3, 0.4) is 0 Å². The first-order chi connectivity index (χ1) is 9.26. The van der Waals surface area contributed by atoms with Gasteiger partial charge in [-0.15, -0.1) is 0 Å². The molecule has 0 aliphatic carbocycles. The minimum atomic E-state index is 0.306. The largest absolute Gasteiger partial charge is 0.330 e. The van der Waals surface area contributed by atoms with E-state index in [0.29, 0.717) is 12.5 Å². The number of aromatic nitrogens is 3. The van der Waals surface area contributed by atoms with Crippen LogP contribution in [0.5, 0.6) is 0 Å². The van der Waals surface area contributed by atoms with Crippen molar-refractivity contribution in [1.82, 2.24) is 14.8 Å². The van der Waals surface area contributed by atoms with Crippen LogP contribution >= 0.6 is 0 Å². The number of rotatable bonds is 6. The van der Waals surface area contributed by atoms with Gasteiger partial charge in [-0.05, 0) is 31.0 Å². The predicted molar refractivity (Wildman–Crippen MR) is 77.0 cm³/mol. The Hall–Kier alpha value is -1.68. The monoisotopic (exact) mass is 258 g/mol. The van der Waals surface area contributed by atoms with Crippen molar-refractivity contribution in [2.75, 3.05) is 6.54 Å². The Morgan fingerprint density at radius 2 is 2.11 bits per heavy atom. The van der Waals surface area contributed by atoms with Gasteiger partial charge in [0, 0.05) is 18.9 Å². The molecular formula is C15H22N4. The number of nitrogens with two attached hydrogens (primary N) is 1. The first kappa shape index (κ1) is 13.7. The van der Waals surface area contributed by atoms with Crippen LogP contribution in [0.1, 0.15) is 36.2 Å². The molecule has 19 heavy (non-hydrogen) atoms. The van der Waals surface area contributed by atoms with Crippen molar-refractivity contribution < 1.29 is 0 Å². The molecule has 1 heterocycles. The molecule has 4 heteroatoms. The van der Waals surface area contributed by atoms with Gasteiger partial charge in [0.15, 0.2) is 0 Å². The normalized spacial score (nSPS) is 12.6. The van der Waals surface area contributed by atoms with Crippen LogP contribution in [0.15, 0.2) is 30.6 Å². The van der Waals surface area contributed by atoms with E-state index in [1.54, 1.807) is 6.33 Å². The fraction of sp³-hybridized carbons (Fsp3) is 0.467. The molecule has 0 amide bonds. The molecule has 4 nitrogen and oxygen atoms in total. The molecule has 2 aromatic rings. The van der Waals surface area contributed by atoms with Gasteiger partial charge < -0.3 is 5.73 Å². The maximum atomic E-state index is 5.96. The molecule has 0 fully saturated rings. The van der Waals surface area contributed by atoms with Crippen LogP contribution in [0.4, 0.5) is 0 Å². The van der Waals surface area contributed by atoms with Crippen LogP contribution < -0.4 is 5.73 Å². The Morgan fingerprint density at radius 1 is 1.32 bits per heavy atom. The lowest BCUT2D eigenvalue weighted by molar-refractivity contribution is 0.545. The highest BCUT2D eigenvalue weighted by Crippen LogP contribution is 2.22. The van der Waals surface area contributed by atoms with Gasteiger partial charge in [0.25, 0.3) is 0 Å². The number of benzene rings is 1. The highest BCUT2D eigenvalue weighted by Gasteiger charge is 2.16. The summed E-state index contributed by atoms with van der Waals surface area (Å²) in [6.45, 7) is 5.83. The maximum absolute atomic E-state index is 5.96. The fourth-order valence-electron chi connectivity index (χ4n) is 2.43. The predicted octanol–water partition coefficient (Wildman–Crippen LogP) is 2.28. The van der Waals surface area contributed by atoms with Crippen molar-refractivity contribution in [3.63, 3.8) is 0 Å². The Bertz CT molecular complexity index is 518. The van der Waals surface area contributed by atoms with Crippen LogP contribution in [-0.4, -0.2) is 21.3 Å². The van der Waals surface area contributed by atoms with E-state index in [9.17, 15) is 0 Å². The first-order valence-corrected chi connectivity index (χ1v) is 6.88. The van der Waals surface area contributed by atoms with E-state index >= 15 is 0 Å². The van der Waals surface area contributed by atoms with Crippen LogP contribution in [0.25, 0.3) is 0 Å². The molecule has 102 valence electrons. The Kier molecular flexibility index (Phi) is 4.68. The average molecular weight is 258 g/mol. The van der Waals surface area contributed by atoms with E-state index in [2.05, 4.69) is 48.2 Å². The van der Waals surface area contributed by atoms with E-state index in [1.165, 1.54) is 11.1 Å². The standard InChI is InChI=1S/C15H22N4/c1-3-8-19-15(17-11-18-19)9-13(10-16)14-7-5-4-6-12(14)2/h4-7,11,13H,3,8-10,16H2,1-2H3. The summed E-state index contributed by atoms with van der Waals surface area (Å²) in [6, 6.07) is 8.43. The fourth-order valence-corrected chi connectivity index (χ4v) is 2.43. The van der Waals surface area contributed by atoms with Crippen molar-refractivity contribution in [2.45, 2.75) is 39.2 Å². The van der Waals surface area contributed by atoms with Crippen molar-refractivity contribution >= 4 is 0 Å². The summed E-state index contributed by atoms with van der Waals surface area (Å²) in [5, 5.41) is 4.27. The Balaban J connectivity index is 2.19. The highest BCUT2D eigenvalue weighted by molar-refractivity contribution is 5.30. The molecule has 0 aliphatic heterocycles. The molecule has 0 saturated carbocycles. The molecule has 1 aromatic carbocycles. The zero-order chi connectivity index (χ0) is 13.7. The lowest BCUT2D eigenvalue weighted by Crippen LogP contribution is -2.18. The highest BCUT2D eigenvalue weighted by atomic mass is 15.3. The number of hydrogen-bond donors (Lipinski definition) is 1. The number of aryl methyl sites for hydroxylation is 2. The van der Waals surface area contributed by atoms with E-state index < -0.39 is 0 Å². The quantitative estimate of drug-likeness (QED) is 0.864. The summed E-state index contributed by atoms with van der Waals surface area (Å²) >= 11 is 0. The summed E-state index contributed by atoms with van der Waals surface area (Å²) < 4.78 is 1.99. The van der Waals surface area contributed by atoms with E-state index in [-0.39, 0.29) is 0 Å². The Morgan fingerprint density at radius 3 is 2.79 bits per heavy atom. The summed E-state index contributed by atoms with van der Waals surface area (Å²) in [6.07, 6.45) is 3.55. The molecule has 1 unspecified atom stereocenters. The SMILES string of the molecule is CCCn1ncnc1CC(CN)c1ccccc1C. The zero-order valence-corrected chi connectivity index (χ0v) is 11.7. The topological polar surface area (TPSA) is 56.7 Å². The number of nitrogens with zero attached hydrogens (tertiary/aromatic N) is 3. The first-order valence-electron chi connectivity index (χ1n) is 6.88. The molecular weight excluding hydrogens is 236 g/mol. The Labute approximate surface area is 114 Å². The van der Waals surface area contributed by atoms with E-state index in [0.717, 1.165) is 25.2 Å². The van der Waals surface area contributed by atoms with Gasteiger partial charge in [0.1, 0.15) is 12.2 Å². The molecule has 2 N–H and O–H groups in total. The molecule has 0 aliphatic rings. The van der Waals surface area contributed by atoms with Gasteiger partial charge in [-0.1, -0.05) is 31.2 Å². The van der Waals surface area contributed by atoms with Crippen LogP contribution in [0.2, 0.25) is 0 Å². The number of hydrogen-bond acceptors (Lipinski definition) is 3. The van der Waals surface area contributed by atoms with Gasteiger partial charge in [-0.3, -0.25) is 4.68 Å². The lowest BCUT2D eigenvalue weighted by atomic mass is 9.92. The van der Waals surface area contributed by atoms with Crippen molar-refractivity contribution in [2.24, 2.45) is 5.73 Å². The van der Waals surface area contributed by atoms with Crippen LogP contribution in [0, 0.1) is 6.92 Å². The van der Waals surface area contributed by atoms with Crippen LogP contribution in [-0.2, 0) is 13.0 Å². The second-order valence-electron chi connectivity index (χ2n) is 4.89. The maximum Gasteiger partial charge on any atom is 0.138 e. The van der Waals surface area contributed by atoms with E-state index in [4.69, 9.17) is 5.73 Å². The minimum absolute atomic E-state index is 0.306. The lowest BCUT2D eigenvalue weighted by Gasteiger charge is -2.17. The third-order valence-electron chi connectivity index (χ3n) is 3.47. The molecule has 2 rings (SSSR count). The summed E-state index contributed by atoms with van der Waals surface area (Å²) in [7, 11) is 0. The molecule has 0 spiro atoms. The van der Waals surface area contributed by atoms with Gasteiger partial charge in [0.05, 0.1) is 0 Å². The minimum Gasteiger partial charge on any atom is -0.330 e. The van der Waals surface area contributed by atoms with Crippen molar-refractivity contribution in [1.29, 1.82) is 0 Å². The van der Waals surface area contributed by atoms with Crippen molar-refractivity contribution in [3.05, 3.63) is 47.5 Å². The van der Waals surface area contributed by atoms with Gasteiger partial charge in [-0.2, -0.15) is 5.10 Å². The molecule has 1 atom stereocenters. The molecule has 0 bridgehead atoms. The second-order valence-corrected chi connectivity index (χ2v) is 4.89. The summed E-state index contributed by atoms with van der Waals surface area (Å²) in [4.78, 5) is 4.37. The van der Waals surface area contributed by atoms with Gasteiger partial charge in [-0.25, -0.2) is 4.98 Å².